The van der Waals surface area contributed by atoms with Gasteiger partial charge >= 0.3 is 0 Å². The second kappa shape index (κ2) is 10.1. The molecule has 0 radical (unpaired) electrons. The number of benzene rings is 2. The molecule has 2 rings (SSSR count). The zero-order valence-corrected chi connectivity index (χ0v) is 13.3. The molecule has 5 heteroatoms. The van der Waals surface area contributed by atoms with Gasteiger partial charge in [-0.15, -0.1) is 19.0 Å². The van der Waals surface area contributed by atoms with E-state index >= 15 is 0 Å². The van der Waals surface area contributed by atoms with Gasteiger partial charge in [0, 0.05) is 17.3 Å². The van der Waals surface area contributed by atoms with Crippen LogP contribution in [-0.4, -0.2) is 33.0 Å². The molecule has 22 heavy (non-hydrogen) atoms. The maximum Gasteiger partial charge on any atom is 0.127 e. The minimum absolute atomic E-state index is 0. The normalized spacial score (nSPS) is 10.0. The van der Waals surface area contributed by atoms with Gasteiger partial charge in [-0.1, -0.05) is 30.3 Å². The van der Waals surface area contributed by atoms with Gasteiger partial charge in [0.05, 0.1) is 13.2 Å². The Hall–Kier alpha value is -1.75. The summed E-state index contributed by atoms with van der Waals surface area (Å²) in [5.41, 5.74) is 5.49. The third-order valence-electron chi connectivity index (χ3n) is 2.94. The number of halogens is 1. The van der Waals surface area contributed by atoms with E-state index in [1.54, 1.807) is 6.08 Å². The maximum absolute atomic E-state index is 5.79. The molecule has 120 valence electrons. The molecule has 0 saturated carbocycles. The lowest BCUT2D eigenvalue weighted by Gasteiger charge is -2.12. The molecule has 0 saturated heterocycles. The molecule has 0 spiro atoms. The predicted molar refractivity (Wildman–Crippen MR) is 92.3 cm³/mol. The second-order valence-corrected chi connectivity index (χ2v) is 4.46. The average Bonchev–Trinajstić information content (AvgIpc) is 2.53. The molecule has 4 nitrogen and oxygen atoms in total. The summed E-state index contributed by atoms with van der Waals surface area (Å²) in [5, 5.41) is 2.05. The third kappa shape index (κ3) is 4.91. The van der Waals surface area contributed by atoms with Crippen LogP contribution < -0.4 is 15.2 Å². The summed E-state index contributed by atoms with van der Waals surface area (Å²) in [6.45, 7) is 6.17. The van der Waals surface area contributed by atoms with Crippen molar-refractivity contribution >= 4 is 23.2 Å². The minimum Gasteiger partial charge on any atom is -0.492 e. The Morgan fingerprint density at radius 3 is 2.05 bits per heavy atom. The smallest absolute Gasteiger partial charge is 0.127 e. The lowest BCUT2D eigenvalue weighted by Crippen LogP contribution is -2.10. The van der Waals surface area contributed by atoms with Crippen LogP contribution >= 0.6 is 12.4 Å². The standard InChI is InChI=1S/C17H21NO3.ClH/c1-2-10-19-12-13-21-17-8-4-5-14-15(17)6-3-7-16(14)20-11-9-18;/h2-8H,1,9-13,18H2;1H. The molecular formula is C17H22ClNO3. The van der Waals surface area contributed by atoms with Gasteiger partial charge in [0.25, 0.3) is 0 Å². The van der Waals surface area contributed by atoms with Crippen LogP contribution in [0.15, 0.2) is 49.1 Å². The van der Waals surface area contributed by atoms with Gasteiger partial charge in [-0.3, -0.25) is 0 Å². The van der Waals surface area contributed by atoms with Crippen LogP contribution in [0.5, 0.6) is 11.5 Å². The highest BCUT2D eigenvalue weighted by Gasteiger charge is 2.06. The molecule has 0 aliphatic carbocycles. The van der Waals surface area contributed by atoms with Gasteiger partial charge in [-0.2, -0.15) is 0 Å². The number of fused-ring (bicyclic) bond motifs is 1. The molecule has 0 bridgehead atoms. The number of hydrogen-bond donors (Lipinski definition) is 1. The van der Waals surface area contributed by atoms with E-state index < -0.39 is 0 Å². The number of nitrogens with two attached hydrogens (primary N) is 1. The zero-order valence-electron chi connectivity index (χ0n) is 12.5. The molecule has 0 atom stereocenters. The second-order valence-electron chi connectivity index (χ2n) is 4.46. The van der Waals surface area contributed by atoms with E-state index in [4.69, 9.17) is 19.9 Å². The first-order valence-corrected chi connectivity index (χ1v) is 7.03. The Labute approximate surface area is 137 Å². The largest absolute Gasteiger partial charge is 0.492 e. The van der Waals surface area contributed by atoms with Crippen molar-refractivity contribution in [1.29, 1.82) is 0 Å². The molecule has 0 aliphatic rings. The maximum atomic E-state index is 5.79. The van der Waals surface area contributed by atoms with Crippen LogP contribution in [0.3, 0.4) is 0 Å². The molecule has 0 amide bonds. The lowest BCUT2D eigenvalue weighted by molar-refractivity contribution is 0.122. The number of rotatable bonds is 9. The quantitative estimate of drug-likeness (QED) is 0.569. The Balaban J connectivity index is 0.00000242. The lowest BCUT2D eigenvalue weighted by atomic mass is 10.1. The van der Waals surface area contributed by atoms with Crippen LogP contribution in [-0.2, 0) is 4.74 Å². The Bertz CT molecular complexity index is 589. The van der Waals surface area contributed by atoms with Gasteiger partial charge in [-0.05, 0) is 12.1 Å². The molecule has 0 heterocycles. The van der Waals surface area contributed by atoms with Crippen molar-refractivity contribution < 1.29 is 14.2 Å². The zero-order chi connectivity index (χ0) is 14.9. The monoisotopic (exact) mass is 323 g/mol. The van der Waals surface area contributed by atoms with Crippen LogP contribution in [0.2, 0.25) is 0 Å². The Morgan fingerprint density at radius 1 is 0.909 bits per heavy atom. The van der Waals surface area contributed by atoms with Gasteiger partial charge in [0.2, 0.25) is 0 Å². The molecule has 2 N–H and O–H groups in total. The topological polar surface area (TPSA) is 53.7 Å². The molecule has 0 unspecified atom stereocenters. The first-order valence-electron chi connectivity index (χ1n) is 7.03. The van der Waals surface area contributed by atoms with E-state index in [1.807, 2.05) is 36.4 Å². The van der Waals surface area contributed by atoms with Crippen LogP contribution in [0.25, 0.3) is 10.8 Å². The van der Waals surface area contributed by atoms with E-state index in [0.717, 1.165) is 22.3 Å². The first-order chi connectivity index (χ1) is 10.4. The molecule has 0 aromatic heterocycles. The van der Waals surface area contributed by atoms with Crippen molar-refractivity contribution in [2.75, 3.05) is 33.0 Å². The van der Waals surface area contributed by atoms with E-state index in [-0.39, 0.29) is 12.4 Å². The van der Waals surface area contributed by atoms with Gasteiger partial charge in [0.15, 0.2) is 0 Å². The van der Waals surface area contributed by atoms with E-state index in [0.29, 0.717) is 33.0 Å². The van der Waals surface area contributed by atoms with Gasteiger partial charge in [0.1, 0.15) is 24.7 Å². The Kier molecular flexibility index (Phi) is 8.36. The van der Waals surface area contributed by atoms with Crippen LogP contribution in [0.1, 0.15) is 0 Å². The van der Waals surface area contributed by atoms with Crippen molar-refractivity contribution in [2.24, 2.45) is 5.73 Å². The van der Waals surface area contributed by atoms with Crippen molar-refractivity contribution in [1.82, 2.24) is 0 Å². The van der Waals surface area contributed by atoms with Crippen LogP contribution in [0.4, 0.5) is 0 Å². The summed E-state index contributed by atoms with van der Waals surface area (Å²) >= 11 is 0. The highest BCUT2D eigenvalue weighted by molar-refractivity contribution is 5.93. The summed E-state index contributed by atoms with van der Waals surface area (Å²) in [4.78, 5) is 0. The van der Waals surface area contributed by atoms with E-state index in [1.165, 1.54) is 0 Å². The van der Waals surface area contributed by atoms with Crippen molar-refractivity contribution in [3.63, 3.8) is 0 Å². The summed E-state index contributed by atoms with van der Waals surface area (Å²) in [5.74, 6) is 1.65. The summed E-state index contributed by atoms with van der Waals surface area (Å²) < 4.78 is 16.8. The molecule has 2 aromatic carbocycles. The fraction of sp³-hybridized carbons (Fsp3) is 0.294. The fourth-order valence-corrected chi connectivity index (χ4v) is 2.05. The molecule has 0 fully saturated rings. The highest BCUT2D eigenvalue weighted by atomic mass is 35.5. The highest BCUT2D eigenvalue weighted by Crippen LogP contribution is 2.32. The SMILES string of the molecule is C=CCOCCOc1cccc2c(OCCN)cccc12.Cl. The van der Waals surface area contributed by atoms with Crippen molar-refractivity contribution in [3.05, 3.63) is 49.1 Å². The molecule has 0 aliphatic heterocycles. The summed E-state index contributed by atoms with van der Waals surface area (Å²) in [6.07, 6.45) is 1.72. The third-order valence-corrected chi connectivity index (χ3v) is 2.94. The van der Waals surface area contributed by atoms with E-state index in [2.05, 4.69) is 6.58 Å². The predicted octanol–water partition coefficient (Wildman–Crippen LogP) is 3.18. The average molecular weight is 324 g/mol. The fourth-order valence-electron chi connectivity index (χ4n) is 2.05. The first kappa shape index (κ1) is 18.3. The van der Waals surface area contributed by atoms with Gasteiger partial charge in [-0.25, -0.2) is 0 Å². The van der Waals surface area contributed by atoms with Crippen molar-refractivity contribution in [3.8, 4) is 11.5 Å². The molecular weight excluding hydrogens is 302 g/mol. The summed E-state index contributed by atoms with van der Waals surface area (Å²) in [6, 6.07) is 11.8. The number of ether oxygens (including phenoxy) is 3. The van der Waals surface area contributed by atoms with E-state index in [9.17, 15) is 0 Å². The Morgan fingerprint density at radius 2 is 1.50 bits per heavy atom. The van der Waals surface area contributed by atoms with Gasteiger partial charge < -0.3 is 19.9 Å². The number of hydrogen-bond acceptors (Lipinski definition) is 4. The van der Waals surface area contributed by atoms with Crippen LogP contribution in [0, 0.1) is 0 Å². The minimum atomic E-state index is 0. The molecule has 2 aromatic rings. The summed E-state index contributed by atoms with van der Waals surface area (Å²) in [7, 11) is 0. The van der Waals surface area contributed by atoms with Crippen molar-refractivity contribution in [2.45, 2.75) is 0 Å².